The minimum atomic E-state index is -0.467. The van der Waals surface area contributed by atoms with Crippen molar-refractivity contribution >= 4 is 6.09 Å². The average molecular weight is 301 g/mol. The van der Waals surface area contributed by atoms with Gasteiger partial charge in [-0.2, -0.15) is 0 Å². The van der Waals surface area contributed by atoms with E-state index in [4.69, 9.17) is 9.84 Å². The Morgan fingerprint density at radius 3 is 2.77 bits per heavy atom. The Morgan fingerprint density at radius 2 is 2.14 bits per heavy atom. The van der Waals surface area contributed by atoms with Crippen LogP contribution in [0.4, 0.5) is 4.79 Å². The molecular formula is C18H23NO3. The Labute approximate surface area is 131 Å². The Hall–Kier alpha value is -1.99. The SMILES string of the molecule is CC(C)(C)OC(=O)NC1CC(C#Cc2cccc(CO)c2)C1. The standard InChI is InChI=1S/C18H23NO3/c1-18(2,3)22-17(21)19-16-10-14(11-16)8-7-13-5-4-6-15(9-13)12-20/h4-6,9,14,16,20H,10-12H2,1-3H3,(H,19,21). The Kier molecular flexibility index (Phi) is 5.10. The molecule has 0 heterocycles. The summed E-state index contributed by atoms with van der Waals surface area (Å²) < 4.78 is 5.22. The van der Waals surface area contributed by atoms with Gasteiger partial charge in [-0.05, 0) is 51.3 Å². The molecule has 0 aromatic heterocycles. The van der Waals surface area contributed by atoms with Crippen LogP contribution in [0.2, 0.25) is 0 Å². The minimum Gasteiger partial charge on any atom is -0.444 e. The van der Waals surface area contributed by atoms with Crippen LogP contribution in [0.25, 0.3) is 0 Å². The average Bonchev–Trinajstić information content (AvgIpc) is 2.39. The lowest BCUT2D eigenvalue weighted by molar-refractivity contribution is 0.0467. The first kappa shape index (κ1) is 16.4. The molecule has 1 aliphatic carbocycles. The summed E-state index contributed by atoms with van der Waals surface area (Å²) in [7, 11) is 0. The molecule has 22 heavy (non-hydrogen) atoms. The van der Waals surface area contributed by atoms with Gasteiger partial charge in [0, 0.05) is 17.5 Å². The van der Waals surface area contributed by atoms with Crippen LogP contribution < -0.4 is 5.32 Å². The van der Waals surface area contributed by atoms with Crippen LogP contribution >= 0.6 is 0 Å². The Balaban J connectivity index is 1.78. The monoisotopic (exact) mass is 301 g/mol. The van der Waals surface area contributed by atoms with Crippen molar-refractivity contribution in [1.29, 1.82) is 0 Å². The van der Waals surface area contributed by atoms with Crippen molar-refractivity contribution in [3.8, 4) is 11.8 Å². The number of aliphatic hydroxyl groups excluding tert-OH is 1. The van der Waals surface area contributed by atoms with Gasteiger partial charge >= 0.3 is 6.09 Å². The molecule has 1 aromatic carbocycles. The number of nitrogens with one attached hydrogen (secondary N) is 1. The van der Waals surface area contributed by atoms with E-state index in [1.54, 1.807) is 0 Å². The maximum Gasteiger partial charge on any atom is 0.407 e. The summed E-state index contributed by atoms with van der Waals surface area (Å²) in [6.07, 6.45) is 1.34. The Morgan fingerprint density at radius 1 is 1.41 bits per heavy atom. The number of ether oxygens (including phenoxy) is 1. The molecule has 0 radical (unpaired) electrons. The summed E-state index contributed by atoms with van der Waals surface area (Å²) in [6, 6.07) is 7.74. The highest BCUT2D eigenvalue weighted by atomic mass is 16.6. The first-order chi connectivity index (χ1) is 10.4. The normalized spacial score (nSPS) is 20.4. The van der Waals surface area contributed by atoms with Crippen LogP contribution in [0.15, 0.2) is 24.3 Å². The van der Waals surface area contributed by atoms with Crippen molar-refractivity contribution < 1.29 is 14.6 Å². The highest BCUT2D eigenvalue weighted by molar-refractivity contribution is 5.68. The third-order valence-corrected chi connectivity index (χ3v) is 3.39. The Bertz CT molecular complexity index is 586. The molecule has 0 atom stereocenters. The maximum atomic E-state index is 11.6. The quantitative estimate of drug-likeness (QED) is 0.826. The molecule has 0 spiro atoms. The van der Waals surface area contributed by atoms with E-state index in [1.807, 2.05) is 45.0 Å². The van der Waals surface area contributed by atoms with E-state index in [0.717, 1.165) is 24.0 Å². The van der Waals surface area contributed by atoms with Gasteiger partial charge in [-0.1, -0.05) is 24.0 Å². The van der Waals surface area contributed by atoms with Gasteiger partial charge < -0.3 is 15.2 Å². The lowest BCUT2D eigenvalue weighted by Gasteiger charge is -2.33. The number of alkyl carbamates (subject to hydrolysis) is 1. The zero-order valence-corrected chi connectivity index (χ0v) is 13.3. The molecule has 1 fully saturated rings. The largest absolute Gasteiger partial charge is 0.444 e. The van der Waals surface area contributed by atoms with Crippen molar-refractivity contribution in [1.82, 2.24) is 5.32 Å². The number of carbonyl (C=O) groups excluding carboxylic acids is 1. The smallest absolute Gasteiger partial charge is 0.407 e. The highest BCUT2D eigenvalue weighted by Gasteiger charge is 2.30. The van der Waals surface area contributed by atoms with Crippen molar-refractivity contribution in [2.45, 2.75) is 51.9 Å². The first-order valence-electron chi connectivity index (χ1n) is 7.56. The van der Waals surface area contributed by atoms with E-state index in [1.165, 1.54) is 0 Å². The van der Waals surface area contributed by atoms with Crippen LogP contribution in [0.5, 0.6) is 0 Å². The zero-order chi connectivity index (χ0) is 16.2. The summed E-state index contributed by atoms with van der Waals surface area (Å²) in [5.74, 6) is 6.65. The van der Waals surface area contributed by atoms with Crippen molar-refractivity contribution in [2.24, 2.45) is 5.92 Å². The zero-order valence-electron chi connectivity index (χ0n) is 13.3. The van der Waals surface area contributed by atoms with E-state index in [0.29, 0.717) is 5.92 Å². The molecule has 0 bridgehead atoms. The molecule has 0 unspecified atom stereocenters. The van der Waals surface area contributed by atoms with E-state index in [2.05, 4.69) is 17.2 Å². The molecule has 4 nitrogen and oxygen atoms in total. The van der Waals surface area contributed by atoms with Gasteiger partial charge in [-0.25, -0.2) is 4.79 Å². The molecule has 2 N–H and O–H groups in total. The van der Waals surface area contributed by atoms with E-state index in [-0.39, 0.29) is 18.7 Å². The van der Waals surface area contributed by atoms with Crippen molar-refractivity contribution in [3.05, 3.63) is 35.4 Å². The molecule has 4 heteroatoms. The molecule has 1 saturated carbocycles. The van der Waals surface area contributed by atoms with Crippen molar-refractivity contribution in [3.63, 3.8) is 0 Å². The van der Waals surface area contributed by atoms with Gasteiger partial charge in [0.1, 0.15) is 5.60 Å². The lowest BCUT2D eigenvalue weighted by atomic mass is 9.81. The molecule has 0 saturated heterocycles. The van der Waals surface area contributed by atoms with Crippen LogP contribution in [-0.2, 0) is 11.3 Å². The predicted octanol–water partition coefficient (Wildman–Crippen LogP) is 2.83. The topological polar surface area (TPSA) is 58.6 Å². The summed E-state index contributed by atoms with van der Waals surface area (Å²) in [5, 5.41) is 12.0. The second-order valence-corrected chi connectivity index (χ2v) is 6.64. The number of hydrogen-bond donors (Lipinski definition) is 2. The van der Waals surface area contributed by atoms with Gasteiger partial charge in [0.05, 0.1) is 6.61 Å². The molecule has 118 valence electrons. The molecular weight excluding hydrogens is 278 g/mol. The minimum absolute atomic E-state index is 0.0286. The molecule has 1 aliphatic rings. The fourth-order valence-electron chi connectivity index (χ4n) is 2.26. The van der Waals surface area contributed by atoms with Gasteiger partial charge in [0.15, 0.2) is 0 Å². The molecule has 1 aromatic rings. The number of hydrogen-bond acceptors (Lipinski definition) is 3. The summed E-state index contributed by atoms with van der Waals surface area (Å²) in [6.45, 7) is 5.58. The maximum absolute atomic E-state index is 11.6. The molecule has 1 amide bonds. The van der Waals surface area contributed by atoms with Gasteiger partial charge in [-0.15, -0.1) is 0 Å². The van der Waals surface area contributed by atoms with Gasteiger partial charge in [0.25, 0.3) is 0 Å². The van der Waals surface area contributed by atoms with Crippen LogP contribution in [0.3, 0.4) is 0 Å². The predicted molar refractivity (Wildman–Crippen MR) is 85.1 cm³/mol. The lowest BCUT2D eigenvalue weighted by Crippen LogP contribution is -2.45. The molecule has 2 rings (SSSR count). The summed E-state index contributed by atoms with van der Waals surface area (Å²) >= 11 is 0. The van der Waals surface area contributed by atoms with Crippen LogP contribution in [0, 0.1) is 17.8 Å². The number of amides is 1. The number of aliphatic hydroxyl groups is 1. The fourth-order valence-corrected chi connectivity index (χ4v) is 2.26. The third kappa shape index (κ3) is 5.09. The van der Waals surface area contributed by atoms with E-state index in [9.17, 15) is 4.79 Å². The highest BCUT2D eigenvalue weighted by Crippen LogP contribution is 2.27. The summed E-state index contributed by atoms with van der Waals surface area (Å²) in [4.78, 5) is 11.6. The third-order valence-electron chi connectivity index (χ3n) is 3.39. The van der Waals surface area contributed by atoms with E-state index >= 15 is 0 Å². The van der Waals surface area contributed by atoms with Crippen LogP contribution in [-0.4, -0.2) is 22.8 Å². The van der Waals surface area contributed by atoms with Crippen LogP contribution in [0.1, 0.15) is 44.7 Å². The van der Waals surface area contributed by atoms with Crippen molar-refractivity contribution in [2.75, 3.05) is 0 Å². The number of rotatable bonds is 2. The first-order valence-corrected chi connectivity index (χ1v) is 7.56. The van der Waals surface area contributed by atoms with Gasteiger partial charge in [0.2, 0.25) is 0 Å². The second-order valence-electron chi connectivity index (χ2n) is 6.64. The fraction of sp³-hybridized carbons (Fsp3) is 0.500. The molecule has 0 aliphatic heterocycles. The number of benzene rings is 1. The second kappa shape index (κ2) is 6.85. The number of carbonyl (C=O) groups is 1. The van der Waals surface area contributed by atoms with Gasteiger partial charge in [-0.3, -0.25) is 0 Å². The summed E-state index contributed by atoms with van der Waals surface area (Å²) in [5.41, 5.74) is 1.31. The van der Waals surface area contributed by atoms with E-state index < -0.39 is 5.60 Å².